The summed E-state index contributed by atoms with van der Waals surface area (Å²) < 4.78 is 5.66. The third-order valence-electron chi connectivity index (χ3n) is 8.17. The Morgan fingerprint density at radius 1 is 1.02 bits per heavy atom. The molecule has 234 valence electrons. The van der Waals surface area contributed by atoms with Gasteiger partial charge in [0.2, 0.25) is 12.4 Å². The summed E-state index contributed by atoms with van der Waals surface area (Å²) in [6.45, 7) is 12.4. The molecule has 1 fully saturated rings. The molecular weight excluding hydrogens is 552 g/mol. The van der Waals surface area contributed by atoms with Gasteiger partial charge in [-0.3, -0.25) is 9.69 Å². The molecule has 0 saturated carbocycles. The van der Waals surface area contributed by atoms with Crippen molar-refractivity contribution in [1.29, 1.82) is 0 Å². The second-order valence-electron chi connectivity index (χ2n) is 11.2. The van der Waals surface area contributed by atoms with Gasteiger partial charge in [0, 0.05) is 82.5 Å². The van der Waals surface area contributed by atoms with Gasteiger partial charge in [0.25, 0.3) is 0 Å². The van der Waals surface area contributed by atoms with Gasteiger partial charge in [-0.25, -0.2) is 4.98 Å². The maximum atomic E-state index is 11.8. The summed E-state index contributed by atoms with van der Waals surface area (Å²) in [5.41, 5.74) is 5.37. The van der Waals surface area contributed by atoms with E-state index in [1.54, 1.807) is 26.3 Å². The molecule has 1 N–H and O–H groups in total. The van der Waals surface area contributed by atoms with E-state index < -0.39 is 0 Å². The van der Waals surface area contributed by atoms with Crippen LogP contribution >= 0.6 is 0 Å². The molecule has 1 atom stereocenters. The van der Waals surface area contributed by atoms with E-state index in [-0.39, 0.29) is 6.04 Å². The van der Waals surface area contributed by atoms with Crippen LogP contribution in [-0.2, 0) is 11.3 Å². The number of para-hydroxylation sites is 1. The summed E-state index contributed by atoms with van der Waals surface area (Å²) in [7, 11) is 9.82. The van der Waals surface area contributed by atoms with Crippen LogP contribution in [-0.4, -0.2) is 94.2 Å². The van der Waals surface area contributed by atoms with Crippen LogP contribution in [0.25, 0.3) is 0 Å². The van der Waals surface area contributed by atoms with E-state index in [4.69, 9.17) is 9.72 Å². The van der Waals surface area contributed by atoms with Crippen LogP contribution in [0.15, 0.2) is 74.0 Å². The fourth-order valence-corrected chi connectivity index (χ4v) is 5.68. The van der Waals surface area contributed by atoms with Crippen molar-refractivity contribution in [2.45, 2.75) is 19.0 Å². The predicted molar refractivity (Wildman–Crippen MR) is 181 cm³/mol. The van der Waals surface area contributed by atoms with E-state index in [0.29, 0.717) is 18.3 Å². The van der Waals surface area contributed by atoms with Gasteiger partial charge in [0.15, 0.2) is 0 Å². The number of hydrogen-bond donors (Lipinski definition) is 1. The third-order valence-corrected chi connectivity index (χ3v) is 8.17. The SMILES string of the molecule is C=CC=C.COc1cccc2c1N(C)CCC2N(C)Cc1cnc(Nc2ccc(N3CCN(C)CC3)cc2)nc1N(C)C=O. The summed E-state index contributed by atoms with van der Waals surface area (Å²) in [4.78, 5) is 32.0. The molecule has 1 unspecified atom stereocenters. The van der Waals surface area contributed by atoms with Crippen molar-refractivity contribution in [1.82, 2.24) is 19.8 Å². The zero-order valence-corrected chi connectivity index (χ0v) is 26.7. The van der Waals surface area contributed by atoms with Crippen LogP contribution in [0.4, 0.5) is 28.8 Å². The summed E-state index contributed by atoms with van der Waals surface area (Å²) >= 11 is 0. The molecule has 2 aliphatic rings. The number of methoxy groups -OCH3 is 1. The Bertz CT molecular complexity index is 1400. The Morgan fingerprint density at radius 3 is 2.36 bits per heavy atom. The molecule has 3 aromatic rings. The Balaban J connectivity index is 0.00000104. The number of carbonyl (C=O) groups is 1. The molecule has 0 aliphatic carbocycles. The number of amides is 1. The van der Waals surface area contributed by atoms with Crippen LogP contribution < -0.4 is 24.8 Å². The molecule has 10 nitrogen and oxygen atoms in total. The smallest absolute Gasteiger partial charge is 0.229 e. The molecule has 1 saturated heterocycles. The molecule has 0 bridgehead atoms. The molecule has 0 spiro atoms. The lowest BCUT2D eigenvalue weighted by Gasteiger charge is -2.38. The number of likely N-dealkylation sites (N-methyl/N-ethyl adjacent to an activating group) is 1. The predicted octanol–water partition coefficient (Wildman–Crippen LogP) is 4.94. The van der Waals surface area contributed by atoms with Crippen LogP contribution in [0.1, 0.15) is 23.6 Å². The molecule has 2 aromatic carbocycles. The van der Waals surface area contributed by atoms with E-state index in [1.165, 1.54) is 16.2 Å². The second kappa shape index (κ2) is 15.4. The lowest BCUT2D eigenvalue weighted by molar-refractivity contribution is -0.107. The van der Waals surface area contributed by atoms with E-state index >= 15 is 0 Å². The zero-order chi connectivity index (χ0) is 31.6. The van der Waals surface area contributed by atoms with Crippen molar-refractivity contribution < 1.29 is 9.53 Å². The third kappa shape index (κ3) is 7.75. The molecule has 10 heteroatoms. The average Bonchev–Trinajstić information content (AvgIpc) is 3.05. The number of piperazine rings is 1. The van der Waals surface area contributed by atoms with Gasteiger partial charge >= 0.3 is 0 Å². The van der Waals surface area contributed by atoms with Crippen LogP contribution in [0, 0.1) is 0 Å². The number of aromatic nitrogens is 2. The number of rotatable bonds is 10. The molecule has 5 rings (SSSR count). The van der Waals surface area contributed by atoms with E-state index in [1.807, 2.05) is 30.5 Å². The number of nitrogens with zero attached hydrogens (tertiary/aromatic N) is 7. The number of fused-ring (bicyclic) bond motifs is 1. The van der Waals surface area contributed by atoms with Crippen LogP contribution in [0.2, 0.25) is 0 Å². The second-order valence-corrected chi connectivity index (χ2v) is 11.2. The van der Waals surface area contributed by atoms with Crippen molar-refractivity contribution in [3.8, 4) is 5.75 Å². The average molecular weight is 599 g/mol. The lowest BCUT2D eigenvalue weighted by atomic mass is 9.94. The van der Waals surface area contributed by atoms with Gasteiger partial charge in [-0.1, -0.05) is 37.4 Å². The monoisotopic (exact) mass is 598 g/mol. The first-order chi connectivity index (χ1) is 21.3. The summed E-state index contributed by atoms with van der Waals surface area (Å²) in [5, 5.41) is 3.31. The summed E-state index contributed by atoms with van der Waals surface area (Å²) in [6, 6.07) is 14.8. The van der Waals surface area contributed by atoms with Gasteiger partial charge in [0.05, 0.1) is 12.8 Å². The van der Waals surface area contributed by atoms with Gasteiger partial charge in [-0.15, -0.1) is 0 Å². The number of nitrogens with one attached hydrogen (secondary N) is 1. The minimum Gasteiger partial charge on any atom is -0.495 e. The first kappa shape index (κ1) is 32.5. The number of benzene rings is 2. The van der Waals surface area contributed by atoms with Crippen molar-refractivity contribution in [2.24, 2.45) is 0 Å². The van der Waals surface area contributed by atoms with Crippen molar-refractivity contribution in [3.05, 3.63) is 85.1 Å². The van der Waals surface area contributed by atoms with E-state index in [9.17, 15) is 4.79 Å². The largest absolute Gasteiger partial charge is 0.495 e. The Kier molecular flexibility index (Phi) is 11.3. The molecule has 3 heterocycles. The fraction of sp³-hybridized carbons (Fsp3) is 0.382. The standard InChI is InChI=1S/C30H40N8O2.C4H6/c1-34-15-17-38(18-16-34)24-11-9-23(10-12-24)32-30-31-19-22(29(33-30)37(4)21-39)20-36(3)26-13-14-35(2)28-25(26)7-6-8-27(28)40-5;1-3-4-2/h6-12,19,21,26H,13-18,20H2,1-5H3,(H,31,32,33);3-4H,1-2H2. The molecule has 1 aromatic heterocycles. The normalized spacial score (nSPS) is 16.4. The van der Waals surface area contributed by atoms with Gasteiger partial charge in [0.1, 0.15) is 11.6 Å². The summed E-state index contributed by atoms with van der Waals surface area (Å²) in [5.74, 6) is 1.93. The van der Waals surface area contributed by atoms with Gasteiger partial charge < -0.3 is 29.7 Å². The molecule has 0 radical (unpaired) electrons. The number of hydrogen-bond acceptors (Lipinski definition) is 9. The van der Waals surface area contributed by atoms with Crippen molar-refractivity contribution in [2.75, 3.05) is 88.0 Å². The number of carbonyl (C=O) groups excluding carboxylic acids is 1. The fourth-order valence-electron chi connectivity index (χ4n) is 5.68. The molecular formula is C34H46N8O2. The highest BCUT2D eigenvalue weighted by Crippen LogP contribution is 2.42. The maximum Gasteiger partial charge on any atom is 0.229 e. The topological polar surface area (TPSA) is 80.3 Å². The van der Waals surface area contributed by atoms with Gasteiger partial charge in [-0.05, 0) is 56.4 Å². The van der Waals surface area contributed by atoms with Gasteiger partial charge in [-0.2, -0.15) is 4.98 Å². The lowest BCUT2D eigenvalue weighted by Crippen LogP contribution is -2.44. The Morgan fingerprint density at radius 2 is 1.73 bits per heavy atom. The molecule has 2 aliphatic heterocycles. The highest BCUT2D eigenvalue weighted by atomic mass is 16.5. The maximum absolute atomic E-state index is 11.8. The summed E-state index contributed by atoms with van der Waals surface area (Å²) in [6.07, 6.45) is 6.87. The van der Waals surface area contributed by atoms with Crippen molar-refractivity contribution >= 4 is 35.2 Å². The van der Waals surface area contributed by atoms with Crippen LogP contribution in [0.3, 0.4) is 0 Å². The zero-order valence-electron chi connectivity index (χ0n) is 26.7. The minimum atomic E-state index is 0.201. The van der Waals surface area contributed by atoms with E-state index in [2.05, 4.69) is 82.4 Å². The molecule has 1 amide bonds. The highest BCUT2D eigenvalue weighted by molar-refractivity contribution is 5.74. The number of anilines is 5. The van der Waals surface area contributed by atoms with Crippen molar-refractivity contribution in [3.63, 3.8) is 0 Å². The minimum absolute atomic E-state index is 0.201. The quantitative estimate of drug-likeness (QED) is 0.258. The first-order valence-corrected chi connectivity index (χ1v) is 15.0. The Hall–Kier alpha value is -4.41. The molecule has 44 heavy (non-hydrogen) atoms. The number of allylic oxidation sites excluding steroid dienone is 2. The Labute approximate surface area is 262 Å². The van der Waals surface area contributed by atoms with Crippen LogP contribution in [0.5, 0.6) is 5.75 Å². The van der Waals surface area contributed by atoms with E-state index in [0.717, 1.165) is 68.2 Å². The number of ether oxygens (including phenoxy) is 1. The first-order valence-electron chi connectivity index (χ1n) is 15.0. The highest BCUT2D eigenvalue weighted by Gasteiger charge is 2.29.